The first-order valence-electron chi connectivity index (χ1n) is 15.5. The van der Waals surface area contributed by atoms with Crippen LogP contribution in [-0.4, -0.2) is 60.5 Å². The van der Waals surface area contributed by atoms with E-state index in [4.69, 9.17) is 9.47 Å². The summed E-state index contributed by atoms with van der Waals surface area (Å²) in [6, 6.07) is 26.6. The summed E-state index contributed by atoms with van der Waals surface area (Å²) < 4.78 is 14.2. The second kappa shape index (κ2) is 14.3. The predicted molar refractivity (Wildman–Crippen MR) is 177 cm³/mol. The molecule has 44 heavy (non-hydrogen) atoms. The molecule has 232 valence electrons. The minimum Gasteiger partial charge on any atom is -0.497 e. The zero-order chi connectivity index (χ0) is 31.1. The number of carbonyl (C=O) groups is 1. The van der Waals surface area contributed by atoms with Crippen LogP contribution in [0, 0.1) is 5.92 Å². The Balaban J connectivity index is 1.30. The number of rotatable bonds is 14. The molecule has 4 atom stereocenters. The number of carbonyl (C=O) groups excluding carboxylic acids is 1. The van der Waals surface area contributed by atoms with Crippen LogP contribution in [0.4, 0.5) is 11.4 Å². The van der Waals surface area contributed by atoms with Crippen molar-refractivity contribution in [3.63, 3.8) is 0 Å². The lowest BCUT2D eigenvalue weighted by molar-refractivity contribution is -0.106. The molecule has 4 aromatic rings. The van der Waals surface area contributed by atoms with E-state index in [2.05, 4.69) is 66.7 Å². The number of aliphatic hydroxyl groups is 1. The van der Waals surface area contributed by atoms with Crippen LogP contribution in [0.25, 0.3) is 0 Å². The Morgan fingerprint density at radius 1 is 0.955 bits per heavy atom. The summed E-state index contributed by atoms with van der Waals surface area (Å²) in [5.74, 6) is 1.27. The predicted octanol–water partition coefficient (Wildman–Crippen LogP) is 5.53. The van der Waals surface area contributed by atoms with Crippen molar-refractivity contribution < 1.29 is 19.4 Å². The zero-order valence-corrected chi connectivity index (χ0v) is 27.2. The molecule has 1 fully saturated rings. The average Bonchev–Trinajstić information content (AvgIpc) is 3.64. The molecule has 2 heterocycles. The highest BCUT2D eigenvalue weighted by Gasteiger charge is 2.50. The summed E-state index contributed by atoms with van der Waals surface area (Å²) in [5.41, 5.74) is 4.16. The lowest BCUT2D eigenvalue weighted by Crippen LogP contribution is -2.50. The Hall–Kier alpha value is -3.79. The Morgan fingerprint density at radius 2 is 1.66 bits per heavy atom. The van der Waals surface area contributed by atoms with Crippen molar-refractivity contribution in [2.45, 2.75) is 70.0 Å². The summed E-state index contributed by atoms with van der Waals surface area (Å²) in [4.78, 5) is 13.5. The van der Waals surface area contributed by atoms with Gasteiger partial charge in [-0.05, 0) is 72.7 Å². The van der Waals surface area contributed by atoms with Crippen LogP contribution < -0.4 is 14.8 Å². The van der Waals surface area contributed by atoms with Crippen molar-refractivity contribution in [2.24, 2.45) is 5.92 Å². The van der Waals surface area contributed by atoms with Crippen LogP contribution in [0.2, 0.25) is 18.6 Å². The molecule has 1 aliphatic rings. The number of aliphatic hydroxyl groups excluding tert-OH is 1. The molecule has 1 amide bonds. The van der Waals surface area contributed by atoms with Crippen LogP contribution in [-0.2, 0) is 28.9 Å². The molecule has 1 aromatic heterocycles. The number of ether oxygens (including phenoxy) is 2. The first kappa shape index (κ1) is 31.6. The van der Waals surface area contributed by atoms with Gasteiger partial charge in [0.2, 0.25) is 6.41 Å². The van der Waals surface area contributed by atoms with E-state index >= 15 is 0 Å². The van der Waals surface area contributed by atoms with Gasteiger partial charge >= 0.3 is 0 Å². The fourth-order valence-electron chi connectivity index (χ4n) is 6.84. The zero-order valence-electron chi connectivity index (χ0n) is 26.2. The molecule has 0 bridgehead atoms. The Morgan fingerprint density at radius 3 is 2.32 bits per heavy atom. The van der Waals surface area contributed by atoms with Crippen molar-refractivity contribution in [3.8, 4) is 5.75 Å². The minimum absolute atomic E-state index is 0.0679. The van der Waals surface area contributed by atoms with Gasteiger partial charge in [-0.25, -0.2) is 0 Å². The number of hydrogen-bond acceptors (Lipinski definition) is 6. The maximum atomic E-state index is 11.9. The topological polar surface area (TPSA) is 89.7 Å². The van der Waals surface area contributed by atoms with Gasteiger partial charge in [0.25, 0.3) is 0 Å². The van der Waals surface area contributed by atoms with Crippen molar-refractivity contribution in [3.05, 3.63) is 96.3 Å². The van der Waals surface area contributed by atoms with E-state index in [0.717, 1.165) is 55.0 Å². The number of para-hydroxylation sites is 1. The highest BCUT2D eigenvalue weighted by molar-refractivity contribution is 6.91. The van der Waals surface area contributed by atoms with Gasteiger partial charge in [-0.3, -0.25) is 14.4 Å². The van der Waals surface area contributed by atoms with E-state index in [-0.39, 0.29) is 18.8 Å². The maximum Gasteiger partial charge on any atom is 0.218 e. The quantitative estimate of drug-likeness (QED) is 0.149. The monoisotopic (exact) mass is 612 g/mol. The first-order valence-corrected chi connectivity index (χ1v) is 18.6. The van der Waals surface area contributed by atoms with Crippen molar-refractivity contribution in [1.82, 2.24) is 15.0 Å². The number of aryl methyl sites for hydroxylation is 2. The molecule has 0 unspecified atom stereocenters. The molecule has 0 saturated carbocycles. The van der Waals surface area contributed by atoms with Gasteiger partial charge < -0.3 is 14.6 Å². The molecule has 1 N–H and O–H groups in total. The number of amides is 1. The molecule has 0 spiro atoms. The third-order valence-electron chi connectivity index (χ3n) is 9.24. The fourth-order valence-corrected chi connectivity index (χ4v) is 11.0. The third-order valence-corrected chi connectivity index (χ3v) is 13.6. The van der Waals surface area contributed by atoms with Gasteiger partial charge in [0.1, 0.15) is 5.75 Å². The lowest BCUT2D eigenvalue weighted by Gasteiger charge is -2.36. The van der Waals surface area contributed by atoms with Gasteiger partial charge in [-0.15, -0.1) is 5.10 Å². The van der Waals surface area contributed by atoms with Gasteiger partial charge in [-0.2, -0.15) is 0 Å². The largest absolute Gasteiger partial charge is 0.497 e. The van der Waals surface area contributed by atoms with E-state index < -0.39 is 8.07 Å². The van der Waals surface area contributed by atoms with Gasteiger partial charge in [-0.1, -0.05) is 72.9 Å². The number of nitrogens with zero attached hydrogens (tertiary/aromatic N) is 4. The standard InChI is InChI=1S/C35H44N4O4Si/c1-26-33(19-12-27-10-13-30(14-11-27)39(25-41)29-8-6-5-7-9-29)43-34(20-22-38-24-28(21-23-40)36-37-38)35(26)44(3,4)32-17-15-31(42-2)16-18-32/h5-11,13-18,24-26,33-35,40H,12,19-23H2,1-4H3/t26-,33+,34-,35+/m0/s1. The molecular weight excluding hydrogens is 568 g/mol. The molecule has 1 aliphatic heterocycles. The molecule has 0 radical (unpaired) electrons. The number of hydrogen-bond donors (Lipinski definition) is 1. The second-order valence-electron chi connectivity index (χ2n) is 12.3. The molecule has 9 heteroatoms. The van der Waals surface area contributed by atoms with Crippen molar-refractivity contribution in [2.75, 3.05) is 18.6 Å². The SMILES string of the molecule is COc1ccc([Si](C)(C)[C@@H]2[C@@H](C)[C@@H](CCc3ccc(N(C=O)c4ccccc4)cc3)O[C@H]2CCn2cc(CCO)nn2)cc1. The second-order valence-corrected chi connectivity index (χ2v) is 17.0. The lowest BCUT2D eigenvalue weighted by atomic mass is 9.95. The van der Waals surface area contributed by atoms with Gasteiger partial charge in [0.15, 0.2) is 0 Å². The molecule has 0 aliphatic carbocycles. The number of benzene rings is 3. The number of methoxy groups -OCH3 is 1. The van der Waals surface area contributed by atoms with Crippen LogP contribution in [0.1, 0.15) is 31.0 Å². The molecule has 3 aromatic carbocycles. The molecule has 8 nitrogen and oxygen atoms in total. The average molecular weight is 613 g/mol. The molecule has 5 rings (SSSR count). The normalized spacial score (nSPS) is 20.0. The van der Waals surface area contributed by atoms with E-state index in [1.807, 2.05) is 53.3 Å². The van der Waals surface area contributed by atoms with E-state index in [9.17, 15) is 9.90 Å². The minimum atomic E-state index is -1.96. The summed E-state index contributed by atoms with van der Waals surface area (Å²) in [6.45, 7) is 8.09. The Bertz CT molecular complexity index is 1480. The number of anilines is 2. The first-order chi connectivity index (χ1) is 21.3. The summed E-state index contributed by atoms with van der Waals surface area (Å²) in [6.07, 6.45) is 6.25. The highest BCUT2D eigenvalue weighted by Crippen LogP contribution is 2.46. The van der Waals surface area contributed by atoms with E-state index in [1.54, 1.807) is 12.0 Å². The van der Waals surface area contributed by atoms with Crippen LogP contribution in [0.5, 0.6) is 5.75 Å². The smallest absolute Gasteiger partial charge is 0.218 e. The molecule has 1 saturated heterocycles. The van der Waals surface area contributed by atoms with Crippen molar-refractivity contribution in [1.29, 1.82) is 0 Å². The van der Waals surface area contributed by atoms with Crippen LogP contribution in [0.15, 0.2) is 85.1 Å². The van der Waals surface area contributed by atoms with Crippen LogP contribution in [0.3, 0.4) is 0 Å². The maximum absolute atomic E-state index is 11.9. The van der Waals surface area contributed by atoms with Gasteiger partial charge in [0, 0.05) is 37.1 Å². The van der Waals surface area contributed by atoms with E-state index in [0.29, 0.717) is 17.9 Å². The van der Waals surface area contributed by atoms with E-state index in [1.165, 1.54) is 10.8 Å². The van der Waals surface area contributed by atoms with Crippen molar-refractivity contribution >= 4 is 31.0 Å². The highest BCUT2D eigenvalue weighted by atomic mass is 28.3. The summed E-state index contributed by atoms with van der Waals surface area (Å²) in [7, 11) is -0.253. The fraction of sp³-hybridized carbons (Fsp3) is 0.400. The number of aromatic nitrogens is 3. The van der Waals surface area contributed by atoms with Gasteiger partial charge in [0.05, 0.1) is 33.1 Å². The van der Waals surface area contributed by atoms with Crippen LogP contribution >= 0.6 is 0 Å². The Labute approximate surface area is 261 Å². The third kappa shape index (κ3) is 7.12. The Kier molecular flexibility index (Phi) is 10.3. The summed E-state index contributed by atoms with van der Waals surface area (Å²) >= 11 is 0. The molecular formula is C35H44N4O4Si. The summed E-state index contributed by atoms with van der Waals surface area (Å²) in [5, 5.41) is 19.2.